The Balaban J connectivity index is 1.79. The van der Waals surface area contributed by atoms with E-state index < -0.39 is 11.6 Å². The zero-order chi connectivity index (χ0) is 15.9. The third-order valence-corrected chi connectivity index (χ3v) is 3.48. The quantitative estimate of drug-likeness (QED) is 0.890. The highest BCUT2D eigenvalue weighted by molar-refractivity contribution is 5.76. The summed E-state index contributed by atoms with van der Waals surface area (Å²) in [7, 11) is 0. The number of carbonyl (C=O) groups excluding carboxylic acids is 1. The van der Waals surface area contributed by atoms with Crippen molar-refractivity contribution < 1.29 is 13.6 Å². The van der Waals surface area contributed by atoms with Gasteiger partial charge in [-0.1, -0.05) is 19.1 Å². The fraction of sp³-hybridized carbons (Fsp3) is 0.294. The van der Waals surface area contributed by atoms with Crippen molar-refractivity contribution in [1.29, 1.82) is 0 Å². The van der Waals surface area contributed by atoms with Crippen LogP contribution in [0.15, 0.2) is 42.7 Å². The molecular weight excluding hydrogens is 286 g/mol. The molecule has 22 heavy (non-hydrogen) atoms. The normalized spacial score (nSPS) is 12.0. The second-order valence-corrected chi connectivity index (χ2v) is 5.24. The van der Waals surface area contributed by atoms with Crippen molar-refractivity contribution in [2.45, 2.75) is 25.7 Å². The SMILES string of the molecule is C[C@H](CNC(=O)CCc1cccnc1)c1ccc(F)c(F)c1. The Morgan fingerprint density at radius 2 is 2.09 bits per heavy atom. The fourth-order valence-corrected chi connectivity index (χ4v) is 2.10. The number of aromatic nitrogens is 1. The molecule has 2 rings (SSSR count). The van der Waals surface area contributed by atoms with Crippen LogP contribution in [-0.2, 0) is 11.2 Å². The van der Waals surface area contributed by atoms with Crippen molar-refractivity contribution in [1.82, 2.24) is 10.3 Å². The van der Waals surface area contributed by atoms with Crippen LogP contribution in [-0.4, -0.2) is 17.4 Å². The molecule has 1 amide bonds. The zero-order valence-corrected chi connectivity index (χ0v) is 12.4. The molecular formula is C17H18F2N2O. The van der Waals surface area contributed by atoms with Gasteiger partial charge in [0.15, 0.2) is 11.6 Å². The van der Waals surface area contributed by atoms with E-state index in [-0.39, 0.29) is 11.8 Å². The van der Waals surface area contributed by atoms with Crippen molar-refractivity contribution in [2.75, 3.05) is 6.54 Å². The minimum Gasteiger partial charge on any atom is -0.355 e. The van der Waals surface area contributed by atoms with Crippen molar-refractivity contribution in [3.63, 3.8) is 0 Å². The van der Waals surface area contributed by atoms with Crippen LogP contribution in [0.5, 0.6) is 0 Å². The Morgan fingerprint density at radius 3 is 2.77 bits per heavy atom. The number of aryl methyl sites for hydroxylation is 1. The summed E-state index contributed by atoms with van der Waals surface area (Å²) in [6.45, 7) is 2.24. The van der Waals surface area contributed by atoms with Crippen molar-refractivity contribution in [2.24, 2.45) is 0 Å². The molecule has 0 aliphatic heterocycles. The van der Waals surface area contributed by atoms with Crippen LogP contribution in [0.3, 0.4) is 0 Å². The van der Waals surface area contributed by atoms with Crippen LogP contribution in [0.4, 0.5) is 8.78 Å². The van der Waals surface area contributed by atoms with Gasteiger partial charge in [-0.3, -0.25) is 9.78 Å². The van der Waals surface area contributed by atoms with E-state index in [0.29, 0.717) is 24.9 Å². The third-order valence-electron chi connectivity index (χ3n) is 3.48. The first-order valence-corrected chi connectivity index (χ1v) is 7.17. The second kappa shape index (κ2) is 7.64. The maximum Gasteiger partial charge on any atom is 0.220 e. The number of nitrogens with one attached hydrogen (secondary N) is 1. The number of nitrogens with zero attached hydrogens (tertiary/aromatic N) is 1. The standard InChI is InChI=1S/C17H18F2N2O/c1-12(14-5-6-15(18)16(19)9-14)10-21-17(22)7-4-13-3-2-8-20-11-13/h2-3,5-6,8-9,11-12H,4,7,10H2,1H3,(H,21,22)/t12-/m1/s1. The van der Waals surface area contributed by atoms with Gasteiger partial charge in [-0.15, -0.1) is 0 Å². The van der Waals surface area contributed by atoms with Crippen LogP contribution in [0.1, 0.15) is 30.4 Å². The van der Waals surface area contributed by atoms with E-state index in [9.17, 15) is 13.6 Å². The number of hydrogen-bond acceptors (Lipinski definition) is 2. The first kappa shape index (κ1) is 16.1. The smallest absolute Gasteiger partial charge is 0.220 e. The molecule has 0 aliphatic carbocycles. The Morgan fingerprint density at radius 1 is 1.27 bits per heavy atom. The molecule has 2 aromatic rings. The van der Waals surface area contributed by atoms with E-state index in [1.54, 1.807) is 12.4 Å². The fourth-order valence-electron chi connectivity index (χ4n) is 2.10. The lowest BCUT2D eigenvalue weighted by atomic mass is 10.0. The Kier molecular flexibility index (Phi) is 5.58. The van der Waals surface area contributed by atoms with Gasteiger partial charge in [0, 0.05) is 25.4 Å². The highest BCUT2D eigenvalue weighted by atomic mass is 19.2. The highest BCUT2D eigenvalue weighted by Gasteiger charge is 2.11. The molecule has 0 spiro atoms. The van der Waals surface area contributed by atoms with Gasteiger partial charge in [-0.25, -0.2) is 8.78 Å². The van der Waals surface area contributed by atoms with Gasteiger partial charge in [0.05, 0.1) is 0 Å². The van der Waals surface area contributed by atoms with Crippen molar-refractivity contribution in [3.05, 3.63) is 65.5 Å². The molecule has 5 heteroatoms. The van der Waals surface area contributed by atoms with Gasteiger partial charge in [0.1, 0.15) is 0 Å². The number of benzene rings is 1. The molecule has 0 unspecified atom stereocenters. The maximum atomic E-state index is 13.2. The zero-order valence-electron chi connectivity index (χ0n) is 12.4. The van der Waals surface area contributed by atoms with Crippen LogP contribution in [0, 0.1) is 11.6 Å². The van der Waals surface area contributed by atoms with Gasteiger partial charge < -0.3 is 5.32 Å². The van der Waals surface area contributed by atoms with Gasteiger partial charge in [-0.2, -0.15) is 0 Å². The predicted molar refractivity (Wildman–Crippen MR) is 80.3 cm³/mol. The van der Waals surface area contributed by atoms with Gasteiger partial charge in [0.25, 0.3) is 0 Å². The molecule has 116 valence electrons. The molecule has 1 heterocycles. The molecule has 0 bridgehead atoms. The average Bonchev–Trinajstić information content (AvgIpc) is 2.54. The van der Waals surface area contributed by atoms with E-state index in [2.05, 4.69) is 10.3 Å². The number of hydrogen-bond donors (Lipinski definition) is 1. The molecule has 1 atom stereocenters. The lowest BCUT2D eigenvalue weighted by Gasteiger charge is -2.13. The molecule has 0 saturated heterocycles. The van der Waals surface area contributed by atoms with Crippen LogP contribution >= 0.6 is 0 Å². The van der Waals surface area contributed by atoms with E-state index in [1.807, 2.05) is 19.1 Å². The monoisotopic (exact) mass is 304 g/mol. The third kappa shape index (κ3) is 4.62. The Bertz CT molecular complexity index is 632. The summed E-state index contributed by atoms with van der Waals surface area (Å²) < 4.78 is 26.1. The molecule has 0 radical (unpaired) electrons. The average molecular weight is 304 g/mol. The largest absolute Gasteiger partial charge is 0.355 e. The number of amides is 1. The summed E-state index contributed by atoms with van der Waals surface area (Å²) in [5.41, 5.74) is 1.66. The van der Waals surface area contributed by atoms with E-state index in [1.165, 1.54) is 12.1 Å². The van der Waals surface area contributed by atoms with E-state index in [4.69, 9.17) is 0 Å². The summed E-state index contributed by atoms with van der Waals surface area (Å²) in [5, 5.41) is 2.81. The molecule has 0 aliphatic rings. The summed E-state index contributed by atoms with van der Waals surface area (Å²) in [6.07, 6.45) is 4.42. The minimum absolute atomic E-state index is 0.0710. The van der Waals surface area contributed by atoms with Gasteiger partial charge >= 0.3 is 0 Å². The topological polar surface area (TPSA) is 42.0 Å². The Labute approximate surface area is 128 Å². The molecule has 1 N–H and O–H groups in total. The van der Waals surface area contributed by atoms with Crippen molar-refractivity contribution >= 4 is 5.91 Å². The number of halogens is 2. The van der Waals surface area contributed by atoms with Crippen LogP contribution in [0.2, 0.25) is 0 Å². The Hall–Kier alpha value is -2.30. The molecule has 3 nitrogen and oxygen atoms in total. The first-order valence-electron chi connectivity index (χ1n) is 7.17. The molecule has 1 aromatic heterocycles. The van der Waals surface area contributed by atoms with Gasteiger partial charge in [0.2, 0.25) is 5.91 Å². The van der Waals surface area contributed by atoms with E-state index >= 15 is 0 Å². The van der Waals surface area contributed by atoms with Crippen LogP contribution < -0.4 is 5.32 Å². The summed E-state index contributed by atoms with van der Waals surface area (Å²) in [6, 6.07) is 7.56. The second-order valence-electron chi connectivity index (χ2n) is 5.24. The summed E-state index contributed by atoms with van der Waals surface area (Å²) in [4.78, 5) is 15.8. The minimum atomic E-state index is -0.868. The molecule has 0 saturated carbocycles. The number of carbonyl (C=O) groups is 1. The highest BCUT2D eigenvalue weighted by Crippen LogP contribution is 2.17. The lowest BCUT2D eigenvalue weighted by Crippen LogP contribution is -2.27. The van der Waals surface area contributed by atoms with Crippen molar-refractivity contribution in [3.8, 4) is 0 Å². The summed E-state index contributed by atoms with van der Waals surface area (Å²) in [5.74, 6) is -1.89. The molecule has 1 aromatic carbocycles. The maximum absolute atomic E-state index is 13.2. The lowest BCUT2D eigenvalue weighted by molar-refractivity contribution is -0.121. The molecule has 0 fully saturated rings. The first-order chi connectivity index (χ1) is 10.6. The van der Waals surface area contributed by atoms with Crippen LogP contribution in [0.25, 0.3) is 0 Å². The number of rotatable bonds is 6. The predicted octanol–water partition coefficient (Wildman–Crippen LogP) is 3.21. The summed E-state index contributed by atoms with van der Waals surface area (Å²) >= 11 is 0. The number of pyridine rings is 1. The van der Waals surface area contributed by atoms with Gasteiger partial charge in [-0.05, 0) is 41.7 Å². The van der Waals surface area contributed by atoms with E-state index in [0.717, 1.165) is 11.6 Å².